The molecule has 0 radical (unpaired) electrons. The van der Waals surface area contributed by atoms with Gasteiger partial charge in [-0.05, 0) is 37.1 Å². The molecule has 188 valence electrons. The van der Waals surface area contributed by atoms with Gasteiger partial charge in [0.25, 0.3) is 5.89 Å². The summed E-state index contributed by atoms with van der Waals surface area (Å²) in [7, 11) is -7.26. The van der Waals surface area contributed by atoms with Gasteiger partial charge in [-0.3, -0.25) is 9.29 Å². The molecule has 4 rings (SSSR count). The summed E-state index contributed by atoms with van der Waals surface area (Å²) in [5.41, 5.74) is 1.17. The number of sulfonamides is 2. The number of aromatic nitrogens is 3. The maximum Gasteiger partial charge on any atom is 0.314 e. The third kappa shape index (κ3) is 5.65. The minimum Gasteiger partial charge on any atom is -0.415 e. The van der Waals surface area contributed by atoms with E-state index in [-0.39, 0.29) is 38.4 Å². The van der Waals surface area contributed by atoms with E-state index in [1.54, 1.807) is 36.4 Å². The quantitative estimate of drug-likeness (QED) is 0.438. The van der Waals surface area contributed by atoms with Gasteiger partial charge in [-0.15, -0.1) is 10.2 Å². The summed E-state index contributed by atoms with van der Waals surface area (Å²) in [4.78, 5) is 4.27. The molecule has 1 aliphatic heterocycles. The monoisotopic (exact) mass is 527 g/mol. The number of hydrogen-bond acceptors (Lipinski definition) is 8. The molecule has 0 spiro atoms. The Labute approximate surface area is 201 Å². The van der Waals surface area contributed by atoms with Crippen LogP contribution >= 0.6 is 0 Å². The van der Waals surface area contributed by atoms with Crippen molar-refractivity contribution < 1.29 is 30.0 Å². The van der Waals surface area contributed by atoms with Gasteiger partial charge in [-0.25, -0.2) is 21.1 Å². The Balaban J connectivity index is 1.57. The van der Waals surface area contributed by atoms with Crippen LogP contribution in [0.25, 0.3) is 11.5 Å². The molecule has 10 nitrogen and oxygen atoms in total. The number of piperidine rings is 1. The lowest BCUT2D eigenvalue weighted by Gasteiger charge is -2.34. The van der Waals surface area contributed by atoms with Gasteiger partial charge < -0.3 is 4.42 Å². The van der Waals surface area contributed by atoms with Crippen molar-refractivity contribution in [2.75, 3.05) is 23.7 Å². The smallest absolute Gasteiger partial charge is 0.314 e. The van der Waals surface area contributed by atoms with Crippen molar-refractivity contribution in [1.82, 2.24) is 19.5 Å². The minimum atomic E-state index is -3.87. The lowest BCUT2D eigenvalue weighted by atomic mass is 10.2. The zero-order valence-corrected chi connectivity index (χ0v) is 20.3. The molecule has 35 heavy (non-hydrogen) atoms. The number of para-hydroxylation sites is 1. The Morgan fingerprint density at radius 3 is 2.29 bits per heavy atom. The number of halogens is 2. The van der Waals surface area contributed by atoms with E-state index >= 15 is 0 Å². The van der Waals surface area contributed by atoms with Crippen molar-refractivity contribution in [3.05, 3.63) is 60.2 Å². The van der Waals surface area contributed by atoms with Gasteiger partial charge in [0.15, 0.2) is 0 Å². The van der Waals surface area contributed by atoms with Crippen molar-refractivity contribution in [2.24, 2.45) is 0 Å². The van der Waals surface area contributed by atoms with E-state index in [1.807, 2.05) is 0 Å². The molecule has 0 bridgehead atoms. The largest absolute Gasteiger partial charge is 0.415 e. The van der Waals surface area contributed by atoms with Crippen LogP contribution in [0.4, 0.5) is 14.5 Å². The van der Waals surface area contributed by atoms with Crippen LogP contribution in [0, 0.1) is 0 Å². The number of anilines is 1. The Bertz CT molecular complexity index is 1360. The van der Waals surface area contributed by atoms with Crippen molar-refractivity contribution >= 4 is 25.7 Å². The van der Waals surface area contributed by atoms with Crippen LogP contribution in [0.3, 0.4) is 0 Å². The highest BCUT2D eigenvalue weighted by Crippen LogP contribution is 2.29. The van der Waals surface area contributed by atoms with Gasteiger partial charge in [0.1, 0.15) is 0 Å². The molecule has 3 heterocycles. The number of pyridine rings is 1. The first kappa shape index (κ1) is 25.1. The fourth-order valence-corrected chi connectivity index (χ4v) is 6.56. The topological polar surface area (TPSA) is 127 Å². The molecule has 0 amide bonds. The van der Waals surface area contributed by atoms with Crippen molar-refractivity contribution in [2.45, 2.75) is 31.1 Å². The molecule has 1 aromatic carbocycles. The zero-order chi connectivity index (χ0) is 25.2. The van der Waals surface area contributed by atoms with Crippen molar-refractivity contribution in [1.29, 1.82) is 0 Å². The third-order valence-corrected chi connectivity index (χ3v) is 9.22. The zero-order valence-electron chi connectivity index (χ0n) is 18.7. The summed E-state index contributed by atoms with van der Waals surface area (Å²) in [5.74, 6) is -0.920. The van der Waals surface area contributed by atoms with Gasteiger partial charge in [0, 0.05) is 19.3 Å². The second-order valence-corrected chi connectivity index (χ2v) is 12.2. The number of rotatable bonds is 8. The highest BCUT2D eigenvalue weighted by Gasteiger charge is 2.37. The first-order valence-electron chi connectivity index (χ1n) is 10.6. The van der Waals surface area contributed by atoms with Crippen molar-refractivity contribution in [3.8, 4) is 11.5 Å². The van der Waals surface area contributed by atoms with Gasteiger partial charge >= 0.3 is 6.43 Å². The molecule has 1 saturated heterocycles. The molecule has 0 atom stereocenters. The molecule has 0 aliphatic carbocycles. The molecular weight excluding hydrogens is 504 g/mol. The van der Waals surface area contributed by atoms with Gasteiger partial charge in [0.05, 0.1) is 35.0 Å². The van der Waals surface area contributed by atoms with E-state index in [9.17, 15) is 25.6 Å². The molecule has 1 fully saturated rings. The Hall–Kier alpha value is -2.97. The Kier molecular flexibility index (Phi) is 7.15. The number of hydrogen-bond donors (Lipinski definition) is 0. The van der Waals surface area contributed by atoms with Gasteiger partial charge in [0.2, 0.25) is 25.9 Å². The second-order valence-electron chi connectivity index (χ2n) is 8.03. The van der Waals surface area contributed by atoms with Crippen LogP contribution in [-0.4, -0.2) is 60.9 Å². The van der Waals surface area contributed by atoms with E-state index in [2.05, 4.69) is 15.2 Å². The molecule has 14 heteroatoms. The summed E-state index contributed by atoms with van der Waals surface area (Å²) >= 11 is 0. The van der Waals surface area contributed by atoms with E-state index in [0.717, 1.165) is 6.26 Å². The minimum absolute atomic E-state index is 0.0783. The van der Waals surface area contributed by atoms with Crippen LogP contribution in [0.15, 0.2) is 53.1 Å². The maximum atomic E-state index is 13.6. The average molecular weight is 528 g/mol. The van der Waals surface area contributed by atoms with Crippen LogP contribution < -0.4 is 4.31 Å². The molecule has 0 saturated carbocycles. The summed E-state index contributed by atoms with van der Waals surface area (Å²) in [5, 5.41) is 6.11. The standard InChI is InChI=1S/C21H23F2N5O5S2/c1-34(29,30)27-11-9-18(10-12-27)35(31,32)28(17-5-3-2-4-6-17)14-16-8-7-15(13-24-16)20-25-26-21(33-20)19(22)23/h2-8,13,18-19H,9-12,14H2,1H3. The number of benzene rings is 1. The predicted octanol–water partition coefficient (Wildman–Crippen LogP) is 2.83. The van der Waals surface area contributed by atoms with E-state index in [4.69, 9.17) is 4.42 Å². The summed E-state index contributed by atoms with van der Waals surface area (Å²) < 4.78 is 83.7. The van der Waals surface area contributed by atoms with E-state index < -0.39 is 37.6 Å². The lowest BCUT2D eigenvalue weighted by molar-refractivity contribution is 0.116. The lowest BCUT2D eigenvalue weighted by Crippen LogP contribution is -2.46. The highest BCUT2D eigenvalue weighted by atomic mass is 32.2. The SMILES string of the molecule is CS(=O)(=O)N1CCC(S(=O)(=O)N(Cc2ccc(-c3nnc(C(F)F)o3)cn2)c2ccccc2)CC1. The summed E-state index contributed by atoms with van der Waals surface area (Å²) in [6, 6.07) is 11.6. The summed E-state index contributed by atoms with van der Waals surface area (Å²) in [6.07, 6.45) is -0.0877. The molecule has 2 aromatic heterocycles. The van der Waals surface area contributed by atoms with Gasteiger partial charge in [-0.1, -0.05) is 18.2 Å². The number of alkyl halides is 2. The summed E-state index contributed by atoms with van der Waals surface area (Å²) in [6.45, 7) is 0.178. The van der Waals surface area contributed by atoms with E-state index in [1.165, 1.54) is 20.9 Å². The maximum absolute atomic E-state index is 13.6. The van der Waals surface area contributed by atoms with Crippen LogP contribution in [0.2, 0.25) is 0 Å². The molecule has 1 aliphatic rings. The van der Waals surface area contributed by atoms with Crippen molar-refractivity contribution in [3.63, 3.8) is 0 Å². The second kappa shape index (κ2) is 9.95. The van der Waals surface area contributed by atoms with Crippen LogP contribution in [0.1, 0.15) is 30.9 Å². The predicted molar refractivity (Wildman–Crippen MR) is 123 cm³/mol. The Morgan fingerprint density at radius 1 is 1.06 bits per heavy atom. The fourth-order valence-electron chi connectivity index (χ4n) is 3.80. The first-order chi connectivity index (χ1) is 16.6. The molecular formula is C21H23F2N5O5S2. The normalized spacial score (nSPS) is 16.0. The van der Waals surface area contributed by atoms with Crippen LogP contribution in [-0.2, 0) is 26.6 Å². The molecule has 0 unspecified atom stereocenters. The molecule has 3 aromatic rings. The third-order valence-electron chi connectivity index (χ3n) is 5.65. The van der Waals surface area contributed by atoms with Gasteiger partial charge in [-0.2, -0.15) is 8.78 Å². The Morgan fingerprint density at radius 2 is 1.74 bits per heavy atom. The number of nitrogens with zero attached hydrogens (tertiary/aromatic N) is 5. The highest BCUT2D eigenvalue weighted by molar-refractivity contribution is 7.93. The van der Waals surface area contributed by atoms with Crippen LogP contribution in [0.5, 0.6) is 0 Å². The molecule has 0 N–H and O–H groups in total. The fraction of sp³-hybridized carbons (Fsp3) is 0.381. The van der Waals surface area contributed by atoms with E-state index in [0.29, 0.717) is 16.9 Å². The average Bonchev–Trinajstić information content (AvgIpc) is 3.34. The first-order valence-corrected chi connectivity index (χ1v) is 14.0.